The fourth-order valence-electron chi connectivity index (χ4n) is 1.53. The number of Topliss-reactive ketones (excluding diaryl/α,β-unsaturated/α-hetero) is 1. The van der Waals surface area contributed by atoms with Crippen molar-refractivity contribution in [2.45, 2.75) is 8.94 Å². The van der Waals surface area contributed by atoms with Gasteiger partial charge in [0.05, 0.1) is 0 Å². The van der Waals surface area contributed by atoms with Crippen LogP contribution in [0.1, 0.15) is 0 Å². The van der Waals surface area contributed by atoms with Crippen LogP contribution in [0, 0.1) is 0 Å². The van der Waals surface area contributed by atoms with E-state index in [2.05, 4.69) is 4.99 Å². The Morgan fingerprint density at radius 1 is 1.22 bits per heavy atom. The third kappa shape index (κ3) is 3.56. The molecule has 3 nitrogen and oxygen atoms in total. The summed E-state index contributed by atoms with van der Waals surface area (Å²) in [4.78, 5) is 15.8. The van der Waals surface area contributed by atoms with Crippen LogP contribution in [0.5, 0.6) is 0 Å². The van der Waals surface area contributed by atoms with E-state index in [0.717, 1.165) is 5.69 Å². The molecule has 0 unspecified atom stereocenters. The molecule has 18 heavy (non-hydrogen) atoms. The number of rotatable bonds is 3. The maximum absolute atomic E-state index is 11.6. The Labute approximate surface area is 116 Å². The first-order valence-electron chi connectivity index (χ1n) is 5.56. The second-order valence-corrected chi connectivity index (χ2v) is 6.56. The molecule has 0 bridgehead atoms. The Hall–Kier alpha value is -1.37. The summed E-state index contributed by atoms with van der Waals surface area (Å²) in [6.45, 7) is 0. The van der Waals surface area contributed by atoms with E-state index < -0.39 is 0 Å². The van der Waals surface area contributed by atoms with Crippen molar-refractivity contribution >= 4 is 38.6 Å². The molecule has 0 amide bonds. The number of nitrogens with zero attached hydrogens (tertiary/aromatic N) is 1. The number of aliphatic imine (C=N–C) groups is 1. The van der Waals surface area contributed by atoms with E-state index in [0.29, 0.717) is 14.5 Å². The summed E-state index contributed by atoms with van der Waals surface area (Å²) in [5.41, 5.74) is 1.31. The van der Waals surface area contributed by atoms with E-state index in [1.54, 1.807) is 18.4 Å². The van der Waals surface area contributed by atoms with Gasteiger partial charge in [0.25, 0.3) is 0 Å². The number of aliphatic hydroxyl groups is 1. The summed E-state index contributed by atoms with van der Waals surface area (Å²) in [7, 11) is 0. The third-order valence-corrected chi connectivity index (χ3v) is 5.11. The van der Waals surface area contributed by atoms with Crippen molar-refractivity contribution < 1.29 is 9.90 Å². The normalized spacial score (nSPS) is 17.0. The van der Waals surface area contributed by atoms with Crippen molar-refractivity contribution in [1.29, 1.82) is 0 Å². The van der Waals surface area contributed by atoms with Crippen molar-refractivity contribution in [2.24, 2.45) is 4.99 Å². The zero-order valence-electron chi connectivity index (χ0n) is 9.74. The fourth-order valence-corrected chi connectivity index (χ4v) is 3.79. The summed E-state index contributed by atoms with van der Waals surface area (Å²) in [5.74, 6) is 0.309. The van der Waals surface area contributed by atoms with Crippen LogP contribution in [0.15, 0.2) is 58.8 Å². The van der Waals surface area contributed by atoms with E-state index in [4.69, 9.17) is 0 Å². The number of carbonyl (C=O) groups is 1. The maximum atomic E-state index is 11.6. The SMILES string of the molecule is O=C1C[Te]CC(O)=C1C=CC=Nc1ccccc1. The van der Waals surface area contributed by atoms with Gasteiger partial charge in [0.1, 0.15) is 0 Å². The van der Waals surface area contributed by atoms with Crippen LogP contribution in [-0.2, 0) is 4.79 Å². The van der Waals surface area contributed by atoms with Gasteiger partial charge < -0.3 is 0 Å². The van der Waals surface area contributed by atoms with Crippen molar-refractivity contribution in [3.63, 3.8) is 0 Å². The first kappa shape index (κ1) is 13.1. The number of carbonyl (C=O) groups excluding carboxylic acids is 1. The molecule has 0 spiro atoms. The van der Waals surface area contributed by atoms with E-state index in [1.807, 2.05) is 30.3 Å². The quantitative estimate of drug-likeness (QED) is 0.670. The van der Waals surface area contributed by atoms with Crippen molar-refractivity contribution in [2.75, 3.05) is 0 Å². The van der Waals surface area contributed by atoms with Gasteiger partial charge in [-0.3, -0.25) is 0 Å². The summed E-state index contributed by atoms with van der Waals surface area (Å²) in [6.07, 6.45) is 4.98. The van der Waals surface area contributed by atoms with Gasteiger partial charge in [0.15, 0.2) is 0 Å². The molecule has 0 aliphatic carbocycles. The van der Waals surface area contributed by atoms with E-state index in [-0.39, 0.29) is 32.5 Å². The Kier molecular flexibility index (Phi) is 4.74. The van der Waals surface area contributed by atoms with Crippen LogP contribution in [-0.4, -0.2) is 38.0 Å². The minimum absolute atomic E-state index is 0.0607. The first-order valence-corrected chi connectivity index (χ1v) is 8.86. The summed E-state index contributed by atoms with van der Waals surface area (Å²) >= 11 is -0.340. The van der Waals surface area contributed by atoms with Gasteiger partial charge in [-0.15, -0.1) is 0 Å². The van der Waals surface area contributed by atoms with Gasteiger partial charge in [-0.2, -0.15) is 0 Å². The topological polar surface area (TPSA) is 49.7 Å². The molecule has 1 N–H and O–H groups in total. The molecule has 0 atom stereocenters. The van der Waals surface area contributed by atoms with Crippen molar-refractivity contribution in [3.05, 3.63) is 53.8 Å². The van der Waals surface area contributed by atoms with Crippen molar-refractivity contribution in [3.8, 4) is 0 Å². The van der Waals surface area contributed by atoms with Gasteiger partial charge in [0, 0.05) is 0 Å². The van der Waals surface area contributed by atoms with Crippen LogP contribution in [0.25, 0.3) is 0 Å². The van der Waals surface area contributed by atoms with Gasteiger partial charge in [0.2, 0.25) is 0 Å². The molecule has 0 saturated carbocycles. The summed E-state index contributed by atoms with van der Waals surface area (Å²) in [5, 5.41) is 9.65. The second kappa shape index (κ2) is 6.53. The Morgan fingerprint density at radius 2 is 2.00 bits per heavy atom. The molecule has 92 valence electrons. The number of benzene rings is 1. The molecule has 1 heterocycles. The van der Waals surface area contributed by atoms with Crippen LogP contribution < -0.4 is 0 Å². The predicted molar refractivity (Wildman–Crippen MR) is 73.8 cm³/mol. The summed E-state index contributed by atoms with van der Waals surface area (Å²) < 4.78 is 1.36. The summed E-state index contributed by atoms with van der Waals surface area (Å²) in [6, 6.07) is 9.57. The molecular weight excluding hydrogens is 342 g/mol. The standard InChI is InChI=1S/C14H13NO2Te/c16-13-9-18-10-14(17)12(13)7-4-8-15-11-5-2-1-3-6-11/h1-8,16H,9-10H2. The van der Waals surface area contributed by atoms with Gasteiger partial charge in [-0.1, -0.05) is 0 Å². The molecule has 0 aromatic heterocycles. The number of hydrogen-bond acceptors (Lipinski definition) is 3. The van der Waals surface area contributed by atoms with Crippen LogP contribution >= 0.6 is 0 Å². The molecule has 1 aliphatic heterocycles. The molecule has 0 saturated heterocycles. The number of ketones is 1. The minimum atomic E-state index is -0.340. The van der Waals surface area contributed by atoms with E-state index in [1.165, 1.54) is 0 Å². The third-order valence-electron chi connectivity index (χ3n) is 2.41. The molecule has 1 aliphatic rings. The van der Waals surface area contributed by atoms with E-state index >= 15 is 0 Å². The second-order valence-electron chi connectivity index (χ2n) is 3.75. The average molecular weight is 355 g/mol. The van der Waals surface area contributed by atoms with Crippen LogP contribution in [0.2, 0.25) is 8.94 Å². The number of hydrogen-bond donors (Lipinski definition) is 1. The van der Waals surface area contributed by atoms with Crippen LogP contribution in [0.3, 0.4) is 0 Å². The average Bonchev–Trinajstić information content (AvgIpc) is 2.38. The van der Waals surface area contributed by atoms with Gasteiger partial charge in [-0.25, -0.2) is 0 Å². The first-order chi connectivity index (χ1) is 8.77. The molecule has 0 fully saturated rings. The van der Waals surface area contributed by atoms with E-state index in [9.17, 15) is 9.90 Å². The number of allylic oxidation sites excluding steroid dienone is 4. The molecule has 0 radical (unpaired) electrons. The zero-order valence-corrected chi connectivity index (χ0v) is 12.1. The monoisotopic (exact) mass is 357 g/mol. The predicted octanol–water partition coefficient (Wildman–Crippen LogP) is 2.88. The number of para-hydroxylation sites is 1. The van der Waals surface area contributed by atoms with Gasteiger partial charge >= 0.3 is 116 Å². The zero-order chi connectivity index (χ0) is 12.8. The Balaban J connectivity index is 2.04. The Bertz CT molecular complexity index is 518. The van der Waals surface area contributed by atoms with Crippen molar-refractivity contribution in [1.82, 2.24) is 0 Å². The molecule has 1 aromatic carbocycles. The number of aliphatic hydroxyl groups excluding tert-OH is 1. The Morgan fingerprint density at radius 3 is 2.72 bits per heavy atom. The van der Waals surface area contributed by atoms with Gasteiger partial charge in [-0.05, 0) is 0 Å². The molecule has 4 heteroatoms. The fraction of sp³-hybridized carbons (Fsp3) is 0.143. The van der Waals surface area contributed by atoms with Crippen LogP contribution in [0.4, 0.5) is 5.69 Å². The molecule has 1 aromatic rings. The molecular formula is C14H13NO2Te. The molecule has 2 rings (SSSR count).